The minimum Gasteiger partial charge on any atom is -0.481 e. The SMILES string of the molecule is C.C.CC(C)(C)C(CC(=O)O)C(=O)O.CC(C)(C)CC(=O)C(=O)CBr.CC(C)(C)c1ccc(C(=O)O)c([N+](=O)[O-])c1. The van der Waals surface area contributed by atoms with Crippen LogP contribution in [0.3, 0.4) is 0 Å². The van der Waals surface area contributed by atoms with Gasteiger partial charge in [0.05, 0.1) is 22.6 Å². The molecule has 11 nitrogen and oxygen atoms in total. The number of rotatable bonds is 8. The number of ketones is 2. The molecular formula is C29H48BrNO10. The third-order valence-electron chi connectivity index (χ3n) is 5.14. The van der Waals surface area contributed by atoms with Gasteiger partial charge in [0.25, 0.3) is 5.69 Å². The van der Waals surface area contributed by atoms with Crippen LogP contribution in [0.15, 0.2) is 18.2 Å². The number of carbonyl (C=O) groups is 5. The fourth-order valence-corrected chi connectivity index (χ4v) is 3.24. The molecule has 0 aliphatic rings. The first-order valence-corrected chi connectivity index (χ1v) is 13.1. The molecule has 1 atom stereocenters. The monoisotopic (exact) mass is 649 g/mol. The minimum absolute atomic E-state index is 0. The second kappa shape index (κ2) is 18.3. The van der Waals surface area contributed by atoms with Gasteiger partial charge in [-0.15, -0.1) is 0 Å². The molecule has 0 saturated heterocycles. The maximum atomic E-state index is 11.0. The molecule has 1 unspecified atom stereocenters. The van der Waals surface area contributed by atoms with Crippen LogP contribution in [0.25, 0.3) is 0 Å². The van der Waals surface area contributed by atoms with Gasteiger partial charge in [0.15, 0.2) is 5.78 Å². The average molecular weight is 651 g/mol. The van der Waals surface area contributed by atoms with Crippen molar-refractivity contribution in [1.82, 2.24) is 0 Å². The van der Waals surface area contributed by atoms with Crippen molar-refractivity contribution in [1.29, 1.82) is 0 Å². The lowest BCUT2D eigenvalue weighted by Gasteiger charge is -2.25. The summed E-state index contributed by atoms with van der Waals surface area (Å²) in [5.41, 5.74) is -0.747. The van der Waals surface area contributed by atoms with Gasteiger partial charge in [-0.2, -0.15) is 0 Å². The van der Waals surface area contributed by atoms with E-state index in [1.54, 1.807) is 26.8 Å². The molecule has 0 spiro atoms. The van der Waals surface area contributed by atoms with E-state index in [4.69, 9.17) is 15.3 Å². The molecule has 1 aromatic rings. The van der Waals surface area contributed by atoms with Crippen molar-refractivity contribution in [2.45, 2.75) is 95.4 Å². The van der Waals surface area contributed by atoms with Crippen molar-refractivity contribution in [2.75, 3.05) is 5.33 Å². The molecule has 0 bridgehead atoms. The first-order chi connectivity index (χ1) is 17.3. The molecule has 0 aliphatic carbocycles. The van der Waals surface area contributed by atoms with Gasteiger partial charge < -0.3 is 15.3 Å². The van der Waals surface area contributed by atoms with Crippen molar-refractivity contribution < 1.29 is 44.2 Å². The van der Waals surface area contributed by atoms with Crippen LogP contribution in [0.4, 0.5) is 5.69 Å². The van der Waals surface area contributed by atoms with E-state index in [1.165, 1.54) is 12.1 Å². The lowest BCUT2D eigenvalue weighted by atomic mass is 9.79. The zero-order valence-electron chi connectivity index (χ0n) is 24.0. The number of nitro benzene ring substituents is 1. The lowest BCUT2D eigenvalue weighted by molar-refractivity contribution is -0.385. The highest BCUT2D eigenvalue weighted by atomic mass is 79.9. The summed E-state index contributed by atoms with van der Waals surface area (Å²) in [6.45, 7) is 16.7. The normalized spacial score (nSPS) is 11.5. The Labute approximate surface area is 252 Å². The summed E-state index contributed by atoms with van der Waals surface area (Å²) >= 11 is 2.95. The van der Waals surface area contributed by atoms with E-state index < -0.39 is 34.2 Å². The number of carboxylic acids is 3. The van der Waals surface area contributed by atoms with Crippen molar-refractivity contribution >= 4 is 51.1 Å². The highest BCUT2D eigenvalue weighted by molar-refractivity contribution is 9.09. The van der Waals surface area contributed by atoms with Crippen LogP contribution in [-0.4, -0.2) is 55.0 Å². The molecule has 0 heterocycles. The summed E-state index contributed by atoms with van der Waals surface area (Å²) in [6.07, 6.45) is 0.0102. The first-order valence-electron chi connectivity index (χ1n) is 11.9. The van der Waals surface area contributed by atoms with Gasteiger partial charge in [-0.25, -0.2) is 4.79 Å². The standard InChI is InChI=1S/C11H13NO4.C8H13BrO2.C8H14O4.2CH4/c1-11(2,3)7-4-5-8(10(13)14)9(6-7)12(15)16;1-8(2,3)4-6(10)7(11)5-9;1-8(2,3)5(7(11)12)4-6(9)10;;/h4-6H,1-3H3,(H,13,14);4-5H2,1-3H3;5H,4H2,1-3H3,(H,9,10)(H,11,12);2*1H4. The van der Waals surface area contributed by atoms with E-state index >= 15 is 0 Å². The van der Waals surface area contributed by atoms with Crippen molar-refractivity contribution in [3.63, 3.8) is 0 Å². The van der Waals surface area contributed by atoms with Crippen molar-refractivity contribution in [3.05, 3.63) is 39.4 Å². The predicted octanol–water partition coefficient (Wildman–Crippen LogP) is 7.03. The summed E-state index contributed by atoms with van der Waals surface area (Å²) in [4.78, 5) is 63.6. The summed E-state index contributed by atoms with van der Waals surface area (Å²) < 4.78 is 0. The Morgan fingerprint density at radius 3 is 1.59 bits per heavy atom. The molecule has 0 saturated carbocycles. The van der Waals surface area contributed by atoms with E-state index in [9.17, 15) is 34.1 Å². The molecular weight excluding hydrogens is 602 g/mol. The molecule has 0 amide bonds. The maximum absolute atomic E-state index is 11.0. The number of carbonyl (C=O) groups excluding carboxylic acids is 2. The average Bonchev–Trinajstić information content (AvgIpc) is 2.74. The second-order valence-corrected chi connectivity index (χ2v) is 12.7. The van der Waals surface area contributed by atoms with Gasteiger partial charge in [0.1, 0.15) is 5.56 Å². The molecule has 41 heavy (non-hydrogen) atoms. The number of hydrogen-bond acceptors (Lipinski definition) is 7. The van der Waals surface area contributed by atoms with E-state index in [0.29, 0.717) is 6.42 Å². The molecule has 0 aliphatic heterocycles. The smallest absolute Gasteiger partial charge is 0.342 e. The quantitative estimate of drug-likeness (QED) is 0.114. The zero-order valence-corrected chi connectivity index (χ0v) is 25.5. The Hall–Kier alpha value is -3.15. The van der Waals surface area contributed by atoms with Gasteiger partial charge in [-0.05, 0) is 27.9 Å². The van der Waals surface area contributed by atoms with Crippen LogP contribution in [0.2, 0.25) is 0 Å². The topological polar surface area (TPSA) is 189 Å². The highest BCUT2D eigenvalue weighted by Crippen LogP contribution is 2.29. The second-order valence-electron chi connectivity index (χ2n) is 12.1. The third-order valence-corrected chi connectivity index (χ3v) is 5.65. The van der Waals surface area contributed by atoms with Gasteiger partial charge in [0, 0.05) is 12.5 Å². The molecule has 236 valence electrons. The van der Waals surface area contributed by atoms with Crippen LogP contribution in [-0.2, 0) is 24.6 Å². The van der Waals surface area contributed by atoms with Crippen LogP contribution < -0.4 is 0 Å². The van der Waals surface area contributed by atoms with Crippen molar-refractivity contribution in [2.24, 2.45) is 16.7 Å². The maximum Gasteiger partial charge on any atom is 0.342 e. The summed E-state index contributed by atoms with van der Waals surface area (Å²) in [5.74, 6) is -4.85. The summed E-state index contributed by atoms with van der Waals surface area (Å²) in [7, 11) is 0. The predicted molar refractivity (Wildman–Crippen MR) is 163 cm³/mol. The molecule has 1 aromatic carbocycles. The molecule has 0 aromatic heterocycles. The van der Waals surface area contributed by atoms with Crippen molar-refractivity contribution in [3.8, 4) is 0 Å². The summed E-state index contributed by atoms with van der Waals surface area (Å²) in [5, 5.41) is 36.8. The Kier molecular flexibility index (Phi) is 20.0. The molecule has 0 fully saturated rings. The largest absolute Gasteiger partial charge is 0.481 e. The van der Waals surface area contributed by atoms with Gasteiger partial charge >= 0.3 is 17.9 Å². The fourth-order valence-electron chi connectivity index (χ4n) is 2.92. The van der Waals surface area contributed by atoms with Gasteiger partial charge in [0.2, 0.25) is 5.78 Å². The lowest BCUT2D eigenvalue weighted by Crippen LogP contribution is -2.30. The number of Topliss-reactive ketones (excluding diaryl/α,β-unsaturated/α-hetero) is 2. The van der Waals surface area contributed by atoms with E-state index in [0.717, 1.165) is 5.56 Å². The first kappa shape index (κ1) is 44.9. The number of aromatic carboxylic acids is 1. The van der Waals surface area contributed by atoms with Crippen LogP contribution in [0.5, 0.6) is 0 Å². The number of aliphatic carboxylic acids is 2. The number of hydrogen-bond donors (Lipinski definition) is 3. The van der Waals surface area contributed by atoms with E-state index in [-0.39, 0.29) is 60.3 Å². The Morgan fingerprint density at radius 2 is 1.34 bits per heavy atom. The van der Waals surface area contributed by atoms with Gasteiger partial charge in [-0.3, -0.25) is 29.3 Å². The number of carboxylic acid groups (broad SMARTS) is 3. The number of benzene rings is 1. The molecule has 1 rings (SSSR count). The van der Waals surface area contributed by atoms with Crippen LogP contribution in [0.1, 0.15) is 106 Å². The Bertz CT molecular complexity index is 1060. The van der Waals surface area contributed by atoms with Crippen LogP contribution in [0, 0.1) is 26.9 Å². The zero-order chi connectivity index (χ0) is 31.5. The van der Waals surface area contributed by atoms with E-state index in [1.807, 2.05) is 41.5 Å². The summed E-state index contributed by atoms with van der Waals surface area (Å²) in [6, 6.07) is 4.21. The number of nitrogens with zero attached hydrogens (tertiary/aromatic N) is 1. The Morgan fingerprint density at radius 1 is 0.878 bits per heavy atom. The van der Waals surface area contributed by atoms with E-state index in [2.05, 4.69) is 15.9 Å². The number of alkyl halides is 1. The molecule has 12 heteroatoms. The minimum atomic E-state index is -1.29. The van der Waals surface area contributed by atoms with Crippen LogP contribution >= 0.6 is 15.9 Å². The van der Waals surface area contributed by atoms with Gasteiger partial charge in [-0.1, -0.05) is 99.2 Å². The fraction of sp³-hybridized carbons (Fsp3) is 0.621. The Balaban J connectivity index is -0.000000250. The molecule has 0 radical (unpaired) electrons. The number of nitro groups is 1. The highest BCUT2D eigenvalue weighted by Gasteiger charge is 2.33. The third kappa shape index (κ3) is 18.8. The number of halogens is 1. The molecule has 3 N–H and O–H groups in total.